The number of rotatable bonds is 5. The van der Waals surface area contributed by atoms with Gasteiger partial charge in [0.25, 0.3) is 0 Å². The maximum Gasteiger partial charge on any atom is 0.243 e. The third-order valence-electron chi connectivity index (χ3n) is 4.66. The van der Waals surface area contributed by atoms with E-state index >= 15 is 0 Å². The van der Waals surface area contributed by atoms with Gasteiger partial charge in [0.1, 0.15) is 0 Å². The van der Waals surface area contributed by atoms with Crippen LogP contribution in [0.5, 0.6) is 0 Å². The van der Waals surface area contributed by atoms with Gasteiger partial charge in [-0.15, -0.1) is 0 Å². The van der Waals surface area contributed by atoms with Crippen molar-refractivity contribution in [1.82, 2.24) is 19.8 Å². The zero-order chi connectivity index (χ0) is 17.3. The first kappa shape index (κ1) is 16.7. The molecule has 130 valence electrons. The number of hydrogen-bond donors (Lipinski definition) is 1. The Morgan fingerprint density at radius 2 is 2.17 bits per heavy atom. The molecule has 0 radical (unpaired) electrons. The van der Waals surface area contributed by atoms with Crippen LogP contribution in [0.25, 0.3) is 0 Å². The van der Waals surface area contributed by atoms with Crippen molar-refractivity contribution in [3.8, 4) is 0 Å². The van der Waals surface area contributed by atoms with E-state index in [0.717, 1.165) is 43.0 Å². The van der Waals surface area contributed by atoms with E-state index in [1.54, 1.807) is 6.07 Å². The molecule has 0 saturated carbocycles. The number of hydrogen-bond acceptors (Lipinski definition) is 5. The van der Waals surface area contributed by atoms with Crippen LogP contribution in [0.2, 0.25) is 0 Å². The molecule has 24 heavy (non-hydrogen) atoms. The fourth-order valence-electron chi connectivity index (χ4n) is 3.42. The first-order chi connectivity index (χ1) is 11.4. The summed E-state index contributed by atoms with van der Waals surface area (Å²) < 4.78 is 7.12. The molecule has 1 fully saturated rings. The summed E-state index contributed by atoms with van der Waals surface area (Å²) in [6, 6.07) is 3.91. The number of carbonyl (C=O) groups excluding carboxylic acids is 1. The van der Waals surface area contributed by atoms with Crippen LogP contribution in [-0.4, -0.2) is 44.4 Å². The molecule has 7 nitrogen and oxygen atoms in total. The van der Waals surface area contributed by atoms with Gasteiger partial charge in [0, 0.05) is 17.8 Å². The highest BCUT2D eigenvalue weighted by Gasteiger charge is 2.33. The van der Waals surface area contributed by atoms with Gasteiger partial charge in [-0.05, 0) is 53.1 Å². The molecule has 0 aliphatic carbocycles. The number of nitrogens with one attached hydrogen (secondary N) is 1. The smallest absolute Gasteiger partial charge is 0.243 e. The van der Waals surface area contributed by atoms with Crippen molar-refractivity contribution in [2.24, 2.45) is 0 Å². The predicted molar refractivity (Wildman–Crippen MR) is 90.8 cm³/mol. The fourth-order valence-corrected chi connectivity index (χ4v) is 3.42. The van der Waals surface area contributed by atoms with E-state index in [1.807, 2.05) is 25.5 Å². The second kappa shape index (κ2) is 6.76. The van der Waals surface area contributed by atoms with E-state index in [4.69, 9.17) is 4.52 Å². The monoisotopic (exact) mass is 331 g/mol. The molecule has 3 rings (SSSR count). The molecule has 7 heteroatoms. The van der Waals surface area contributed by atoms with Crippen molar-refractivity contribution in [1.29, 1.82) is 0 Å². The van der Waals surface area contributed by atoms with Gasteiger partial charge in [0.15, 0.2) is 0 Å². The Bertz CT molecular complexity index is 720. The molecule has 1 aliphatic rings. The van der Waals surface area contributed by atoms with E-state index in [2.05, 4.69) is 33.5 Å². The van der Waals surface area contributed by atoms with Crippen molar-refractivity contribution >= 4 is 11.8 Å². The van der Waals surface area contributed by atoms with Crippen molar-refractivity contribution in [2.75, 3.05) is 11.9 Å². The van der Waals surface area contributed by atoms with Gasteiger partial charge in [0.05, 0.1) is 24.0 Å². The van der Waals surface area contributed by atoms with Crippen LogP contribution < -0.4 is 5.32 Å². The van der Waals surface area contributed by atoms with E-state index in [-0.39, 0.29) is 11.9 Å². The van der Waals surface area contributed by atoms with Crippen LogP contribution in [0.15, 0.2) is 16.7 Å². The number of amides is 1. The number of likely N-dealkylation sites (tertiary alicyclic amines) is 1. The van der Waals surface area contributed by atoms with E-state index in [1.165, 1.54) is 0 Å². The Kier molecular flexibility index (Phi) is 4.71. The summed E-state index contributed by atoms with van der Waals surface area (Å²) >= 11 is 0. The average molecular weight is 331 g/mol. The zero-order valence-corrected chi connectivity index (χ0v) is 14.7. The van der Waals surface area contributed by atoms with Gasteiger partial charge >= 0.3 is 0 Å². The molecule has 1 aliphatic heterocycles. The minimum atomic E-state index is -0.222. The van der Waals surface area contributed by atoms with Gasteiger partial charge in [-0.1, -0.05) is 5.16 Å². The second-order valence-corrected chi connectivity index (χ2v) is 6.64. The van der Waals surface area contributed by atoms with Gasteiger partial charge in [-0.2, -0.15) is 5.10 Å². The van der Waals surface area contributed by atoms with E-state index in [9.17, 15) is 4.79 Å². The highest BCUT2D eigenvalue weighted by Crippen LogP contribution is 2.23. The van der Waals surface area contributed by atoms with Crippen LogP contribution in [0.3, 0.4) is 0 Å². The van der Waals surface area contributed by atoms with Gasteiger partial charge in [-0.25, -0.2) is 0 Å². The molecule has 0 spiro atoms. The lowest BCUT2D eigenvalue weighted by molar-refractivity contribution is -0.121. The van der Waals surface area contributed by atoms with E-state index in [0.29, 0.717) is 11.9 Å². The first-order valence-corrected chi connectivity index (χ1v) is 8.45. The van der Waals surface area contributed by atoms with Crippen LogP contribution in [-0.2, 0) is 11.3 Å². The molecule has 2 aromatic heterocycles. The summed E-state index contributed by atoms with van der Waals surface area (Å²) in [5.41, 5.74) is 2.94. The summed E-state index contributed by atoms with van der Waals surface area (Å²) in [5.74, 6) is 0.338. The first-order valence-electron chi connectivity index (χ1n) is 8.45. The molecule has 3 heterocycles. The van der Waals surface area contributed by atoms with Crippen LogP contribution >= 0.6 is 0 Å². The van der Waals surface area contributed by atoms with Crippen molar-refractivity contribution in [3.05, 3.63) is 29.2 Å². The van der Waals surface area contributed by atoms with Crippen molar-refractivity contribution in [2.45, 2.75) is 59.2 Å². The highest BCUT2D eigenvalue weighted by atomic mass is 16.5. The van der Waals surface area contributed by atoms with E-state index < -0.39 is 0 Å². The minimum absolute atomic E-state index is 0.0635. The SMILES string of the molecule is Cc1cc(NC(=O)C(C)N2CCCC2Cn2nc(C)cc2C)on1. The number of aromatic nitrogens is 3. The summed E-state index contributed by atoms with van der Waals surface area (Å²) in [6.45, 7) is 9.59. The molecule has 2 unspecified atom stereocenters. The number of anilines is 1. The fraction of sp³-hybridized carbons (Fsp3) is 0.588. The molecule has 0 bridgehead atoms. The Hall–Kier alpha value is -2.15. The third-order valence-corrected chi connectivity index (χ3v) is 4.66. The van der Waals surface area contributed by atoms with Gasteiger partial charge in [-0.3, -0.25) is 19.7 Å². The molecular weight excluding hydrogens is 306 g/mol. The van der Waals surface area contributed by atoms with Crippen LogP contribution in [0.4, 0.5) is 5.88 Å². The average Bonchev–Trinajstić information content (AvgIpc) is 3.21. The lowest BCUT2D eigenvalue weighted by Crippen LogP contribution is -2.46. The maximum absolute atomic E-state index is 12.5. The summed E-state index contributed by atoms with van der Waals surface area (Å²) in [7, 11) is 0. The Balaban J connectivity index is 1.65. The Morgan fingerprint density at radius 3 is 2.79 bits per heavy atom. The van der Waals surface area contributed by atoms with Gasteiger partial charge < -0.3 is 4.52 Å². The number of nitrogens with zero attached hydrogens (tertiary/aromatic N) is 4. The highest BCUT2D eigenvalue weighted by molar-refractivity contribution is 5.93. The molecule has 0 aromatic carbocycles. The topological polar surface area (TPSA) is 76.2 Å². The number of carbonyl (C=O) groups is 1. The maximum atomic E-state index is 12.5. The lowest BCUT2D eigenvalue weighted by atomic mass is 10.2. The minimum Gasteiger partial charge on any atom is -0.338 e. The van der Waals surface area contributed by atoms with Gasteiger partial charge in [0.2, 0.25) is 11.8 Å². The second-order valence-electron chi connectivity index (χ2n) is 6.64. The molecule has 1 N–H and O–H groups in total. The quantitative estimate of drug-likeness (QED) is 0.910. The number of aryl methyl sites for hydroxylation is 3. The Morgan fingerprint density at radius 1 is 1.38 bits per heavy atom. The molecule has 2 aromatic rings. The molecular formula is C17H25N5O2. The Labute approximate surface area is 142 Å². The largest absolute Gasteiger partial charge is 0.338 e. The summed E-state index contributed by atoms with van der Waals surface area (Å²) in [5, 5.41) is 11.2. The van der Waals surface area contributed by atoms with Crippen molar-refractivity contribution < 1.29 is 9.32 Å². The van der Waals surface area contributed by atoms with Crippen LogP contribution in [0, 0.1) is 20.8 Å². The molecule has 2 atom stereocenters. The third kappa shape index (κ3) is 3.51. The zero-order valence-electron chi connectivity index (χ0n) is 14.7. The predicted octanol–water partition coefficient (Wildman–Crippen LogP) is 2.29. The standard InChI is InChI=1S/C17H25N5O2/c1-11-8-13(3)22(19-11)10-15-6-5-7-21(15)14(4)17(23)18-16-9-12(2)20-24-16/h8-9,14-15H,5-7,10H2,1-4H3,(H,18,23). The molecule has 1 saturated heterocycles. The summed E-state index contributed by atoms with van der Waals surface area (Å²) in [6.07, 6.45) is 2.18. The summed E-state index contributed by atoms with van der Waals surface area (Å²) in [4.78, 5) is 14.8. The van der Waals surface area contributed by atoms with Crippen LogP contribution in [0.1, 0.15) is 36.8 Å². The van der Waals surface area contributed by atoms with Crippen molar-refractivity contribution in [3.63, 3.8) is 0 Å². The lowest BCUT2D eigenvalue weighted by Gasteiger charge is -2.29. The normalized spacial score (nSPS) is 19.6. The molecule has 1 amide bonds.